The Bertz CT molecular complexity index is 417. The number of rotatable bonds is 4. The molecule has 1 aliphatic carbocycles. The lowest BCUT2D eigenvalue weighted by molar-refractivity contribution is 0.144. The minimum absolute atomic E-state index is 0.0777. The molecule has 1 nitrogen and oxygen atoms in total. The van der Waals surface area contributed by atoms with E-state index in [-0.39, 0.29) is 16.2 Å². The molecule has 0 heterocycles. The van der Waals surface area contributed by atoms with Crippen molar-refractivity contribution < 1.29 is 9.13 Å². The first kappa shape index (κ1) is 15.0. The minimum Gasteiger partial charge on any atom is -0.490 e. The number of ether oxygens (including phenoxy) is 1. The van der Waals surface area contributed by atoms with Crippen LogP contribution in [0, 0.1) is 11.2 Å². The maximum absolute atomic E-state index is 13.8. The van der Waals surface area contributed by atoms with Crippen molar-refractivity contribution >= 4 is 24.2 Å². The van der Waals surface area contributed by atoms with E-state index in [0.717, 1.165) is 18.6 Å². The molecule has 1 aromatic rings. The summed E-state index contributed by atoms with van der Waals surface area (Å²) in [6.45, 7) is 0.522. The van der Waals surface area contributed by atoms with Crippen LogP contribution in [0.4, 0.5) is 4.39 Å². The van der Waals surface area contributed by atoms with Crippen LogP contribution in [0.15, 0.2) is 18.2 Å². The molecule has 0 unspecified atom stereocenters. The molecule has 0 spiro atoms. The molecule has 1 fully saturated rings. The lowest BCUT2D eigenvalue weighted by atomic mass is 9.83. The van der Waals surface area contributed by atoms with Gasteiger partial charge in [-0.05, 0) is 30.7 Å². The van der Waals surface area contributed by atoms with Gasteiger partial charge in [0.05, 0.1) is 11.6 Å². The molecule has 0 aliphatic heterocycles. The van der Waals surface area contributed by atoms with Gasteiger partial charge in [0.25, 0.3) is 0 Å². The molecule has 0 amide bonds. The van der Waals surface area contributed by atoms with Crippen LogP contribution in [-0.4, -0.2) is 12.4 Å². The van der Waals surface area contributed by atoms with E-state index in [4.69, 9.17) is 16.3 Å². The van der Waals surface area contributed by atoms with Gasteiger partial charge >= 0.3 is 0 Å². The molecule has 0 N–H and O–H groups in total. The number of thiol groups is 1. The molecule has 1 aromatic carbocycles. The molecule has 0 aromatic heterocycles. The summed E-state index contributed by atoms with van der Waals surface area (Å²) in [7, 11) is 0. The standard InChI is InChI=1S/C15H20ClFOS/c16-12-6-5-7-13(14(12)17)18-10-15(11-19)8-3-1-2-4-9-15/h5-7,19H,1-4,8-11H2. The molecule has 19 heavy (non-hydrogen) atoms. The Morgan fingerprint density at radius 1 is 1.21 bits per heavy atom. The topological polar surface area (TPSA) is 9.23 Å². The summed E-state index contributed by atoms with van der Waals surface area (Å²) in [6, 6.07) is 4.87. The van der Waals surface area contributed by atoms with Crippen molar-refractivity contribution in [2.45, 2.75) is 38.5 Å². The van der Waals surface area contributed by atoms with Crippen LogP contribution in [0.1, 0.15) is 38.5 Å². The zero-order valence-electron chi connectivity index (χ0n) is 11.0. The summed E-state index contributed by atoms with van der Waals surface area (Å²) in [5.74, 6) is 0.569. The molecule has 1 aliphatic rings. The number of hydrogen-bond donors (Lipinski definition) is 1. The third-order valence-corrected chi connectivity index (χ3v) is 4.91. The van der Waals surface area contributed by atoms with Gasteiger partial charge in [-0.25, -0.2) is 4.39 Å². The Balaban J connectivity index is 2.04. The fourth-order valence-electron chi connectivity index (χ4n) is 2.65. The van der Waals surface area contributed by atoms with Crippen LogP contribution in [0.3, 0.4) is 0 Å². The van der Waals surface area contributed by atoms with Crippen molar-refractivity contribution in [3.63, 3.8) is 0 Å². The first-order valence-corrected chi connectivity index (χ1v) is 7.86. The van der Waals surface area contributed by atoms with E-state index >= 15 is 0 Å². The monoisotopic (exact) mass is 302 g/mol. The van der Waals surface area contributed by atoms with Crippen molar-refractivity contribution in [2.75, 3.05) is 12.4 Å². The van der Waals surface area contributed by atoms with Crippen LogP contribution in [0.25, 0.3) is 0 Å². The molecule has 2 rings (SSSR count). The van der Waals surface area contributed by atoms with E-state index in [2.05, 4.69) is 12.6 Å². The third-order valence-electron chi connectivity index (χ3n) is 3.95. The summed E-state index contributed by atoms with van der Waals surface area (Å²) < 4.78 is 19.5. The van der Waals surface area contributed by atoms with Crippen molar-refractivity contribution in [3.8, 4) is 5.75 Å². The highest BCUT2D eigenvalue weighted by molar-refractivity contribution is 7.80. The van der Waals surface area contributed by atoms with Gasteiger partial charge in [-0.15, -0.1) is 0 Å². The lowest BCUT2D eigenvalue weighted by Gasteiger charge is -2.31. The first-order valence-electron chi connectivity index (χ1n) is 6.85. The second-order valence-corrected chi connectivity index (χ2v) is 6.14. The lowest BCUT2D eigenvalue weighted by Crippen LogP contribution is -2.30. The predicted molar refractivity (Wildman–Crippen MR) is 80.9 cm³/mol. The van der Waals surface area contributed by atoms with Gasteiger partial charge in [-0.1, -0.05) is 43.4 Å². The number of halogens is 2. The van der Waals surface area contributed by atoms with Gasteiger partial charge in [0.15, 0.2) is 11.6 Å². The molecule has 0 atom stereocenters. The highest BCUT2D eigenvalue weighted by atomic mass is 35.5. The van der Waals surface area contributed by atoms with Crippen LogP contribution < -0.4 is 4.74 Å². The van der Waals surface area contributed by atoms with Crippen molar-refractivity contribution in [1.29, 1.82) is 0 Å². The quantitative estimate of drug-likeness (QED) is 0.599. The van der Waals surface area contributed by atoms with E-state index in [9.17, 15) is 4.39 Å². The molecular weight excluding hydrogens is 283 g/mol. The van der Waals surface area contributed by atoms with Crippen LogP contribution in [-0.2, 0) is 0 Å². The number of benzene rings is 1. The Hall–Kier alpha value is -0.410. The first-order chi connectivity index (χ1) is 9.17. The van der Waals surface area contributed by atoms with E-state index in [0.29, 0.717) is 6.61 Å². The molecular formula is C15H20ClFOS. The zero-order valence-corrected chi connectivity index (χ0v) is 12.7. The molecule has 4 heteroatoms. The average molecular weight is 303 g/mol. The largest absolute Gasteiger partial charge is 0.490 e. The van der Waals surface area contributed by atoms with Gasteiger partial charge < -0.3 is 4.74 Å². The zero-order chi connectivity index (χ0) is 13.7. The molecule has 1 saturated carbocycles. The van der Waals surface area contributed by atoms with Crippen LogP contribution in [0.2, 0.25) is 5.02 Å². The van der Waals surface area contributed by atoms with E-state index in [1.807, 2.05) is 0 Å². The predicted octanol–water partition coefficient (Wildman–Crippen LogP) is 5.13. The maximum Gasteiger partial charge on any atom is 0.183 e. The summed E-state index contributed by atoms with van der Waals surface area (Å²) >= 11 is 10.2. The van der Waals surface area contributed by atoms with Gasteiger partial charge in [0.2, 0.25) is 0 Å². The Labute approximate surface area is 124 Å². The SMILES string of the molecule is Fc1c(Cl)cccc1OCC1(CS)CCCCCC1. The second kappa shape index (κ2) is 6.85. The summed E-state index contributed by atoms with van der Waals surface area (Å²) in [6.07, 6.45) is 7.20. The minimum atomic E-state index is -0.466. The fraction of sp³-hybridized carbons (Fsp3) is 0.600. The van der Waals surface area contributed by atoms with Crippen molar-refractivity contribution in [3.05, 3.63) is 29.0 Å². The maximum atomic E-state index is 13.8. The fourth-order valence-corrected chi connectivity index (χ4v) is 3.23. The van der Waals surface area contributed by atoms with Gasteiger partial charge in [-0.3, -0.25) is 0 Å². The van der Waals surface area contributed by atoms with Crippen molar-refractivity contribution in [2.24, 2.45) is 5.41 Å². The molecule has 0 saturated heterocycles. The van der Waals surface area contributed by atoms with E-state index < -0.39 is 5.82 Å². The van der Waals surface area contributed by atoms with E-state index in [1.54, 1.807) is 12.1 Å². The average Bonchev–Trinajstić information content (AvgIpc) is 2.67. The van der Waals surface area contributed by atoms with Gasteiger partial charge in [-0.2, -0.15) is 12.6 Å². The highest BCUT2D eigenvalue weighted by Crippen LogP contribution is 2.37. The molecule has 106 valence electrons. The Morgan fingerprint density at radius 2 is 1.89 bits per heavy atom. The van der Waals surface area contributed by atoms with Crippen LogP contribution >= 0.6 is 24.2 Å². The van der Waals surface area contributed by atoms with Gasteiger partial charge in [0.1, 0.15) is 0 Å². The normalized spacial score (nSPS) is 18.9. The number of hydrogen-bond acceptors (Lipinski definition) is 2. The van der Waals surface area contributed by atoms with E-state index in [1.165, 1.54) is 31.7 Å². The molecule has 0 bridgehead atoms. The Kier molecular flexibility index (Phi) is 5.40. The highest BCUT2D eigenvalue weighted by Gasteiger charge is 2.30. The van der Waals surface area contributed by atoms with Crippen LogP contribution in [0.5, 0.6) is 5.75 Å². The second-order valence-electron chi connectivity index (χ2n) is 5.41. The van der Waals surface area contributed by atoms with Crippen molar-refractivity contribution in [1.82, 2.24) is 0 Å². The summed E-state index contributed by atoms with van der Waals surface area (Å²) in [5.41, 5.74) is 0.0777. The summed E-state index contributed by atoms with van der Waals surface area (Å²) in [5, 5.41) is 0.110. The molecule has 0 radical (unpaired) electrons. The Morgan fingerprint density at radius 3 is 2.53 bits per heavy atom. The third kappa shape index (κ3) is 3.79. The summed E-state index contributed by atoms with van der Waals surface area (Å²) in [4.78, 5) is 0. The van der Waals surface area contributed by atoms with Gasteiger partial charge in [0, 0.05) is 5.41 Å². The smallest absolute Gasteiger partial charge is 0.183 e.